The van der Waals surface area contributed by atoms with Crippen molar-refractivity contribution in [1.82, 2.24) is 0 Å². The van der Waals surface area contributed by atoms with Crippen LogP contribution < -0.4 is 0 Å². The second-order valence-electron chi connectivity index (χ2n) is 2.11. The van der Waals surface area contributed by atoms with Crippen molar-refractivity contribution >= 4 is 9.13 Å². The fraction of sp³-hybridized carbons (Fsp3) is 1.00. The molecule has 0 aromatic heterocycles. The molecule has 0 bridgehead atoms. The lowest BCUT2D eigenvalue weighted by Crippen LogP contribution is -2.09. The molecule has 1 unspecified atom stereocenters. The topological polar surface area (TPSA) is 0 Å². The first-order valence-corrected chi connectivity index (χ1v) is 4.89. The van der Waals surface area contributed by atoms with Crippen molar-refractivity contribution in [3.05, 3.63) is 0 Å². The Morgan fingerprint density at radius 3 is 2.12 bits per heavy atom. The molecule has 0 N–H and O–H groups in total. The van der Waals surface area contributed by atoms with Gasteiger partial charge < -0.3 is 4.11 Å². The van der Waals surface area contributed by atoms with Crippen LogP contribution in [0.3, 0.4) is 0 Å². The Bertz CT molecular complexity index is 48.5. The molecule has 0 heterocycles. The zero-order valence-electron chi connectivity index (χ0n) is 5.87. The quantitative estimate of drug-likeness (QED) is 0.410. The summed E-state index contributed by atoms with van der Waals surface area (Å²) in [6, 6.07) is 0.764. The normalized spacial score (nSPS) is 14.6. The number of hydrogen-bond donors (Lipinski definition) is 0. The molecule has 0 aliphatic heterocycles. The van der Waals surface area contributed by atoms with Crippen molar-refractivity contribution in [3.63, 3.8) is 0 Å². The van der Waals surface area contributed by atoms with Gasteiger partial charge in [-0.15, -0.1) is 0 Å². The van der Waals surface area contributed by atoms with Gasteiger partial charge in [-0.1, -0.05) is 27.2 Å². The maximum atomic E-state index is 12.6. The van der Waals surface area contributed by atoms with Crippen molar-refractivity contribution in [2.75, 3.05) is 0 Å². The summed E-state index contributed by atoms with van der Waals surface area (Å²) in [5.41, 5.74) is 0.352. The summed E-state index contributed by atoms with van der Waals surface area (Å²) in [5.74, 6) is 0. The third kappa shape index (κ3) is 2.45. The molecule has 2 heteroatoms. The average Bonchev–Trinajstić information content (AvgIpc) is 1.84. The van der Waals surface area contributed by atoms with Crippen LogP contribution in [0.2, 0.25) is 11.6 Å². The lowest BCUT2D eigenvalue weighted by molar-refractivity contribution is 0.725. The van der Waals surface area contributed by atoms with Crippen LogP contribution in [0.25, 0.3) is 0 Å². The van der Waals surface area contributed by atoms with Gasteiger partial charge in [-0.05, 0) is 11.6 Å². The third-order valence-electron chi connectivity index (χ3n) is 1.48. The van der Waals surface area contributed by atoms with Crippen molar-refractivity contribution < 1.29 is 4.11 Å². The average molecular weight is 133 g/mol. The van der Waals surface area contributed by atoms with Crippen LogP contribution in [0.1, 0.15) is 27.2 Å². The Morgan fingerprint density at radius 1 is 1.50 bits per heavy atom. The molecule has 8 heavy (non-hydrogen) atoms. The smallest absolute Gasteiger partial charge is 0.273 e. The molecule has 0 aliphatic carbocycles. The van der Waals surface area contributed by atoms with E-state index < -0.39 is 9.13 Å². The molecule has 49 valence electrons. The Hall–Kier alpha value is 0.147. The van der Waals surface area contributed by atoms with Crippen molar-refractivity contribution in [3.8, 4) is 0 Å². The molecule has 0 rings (SSSR count). The summed E-state index contributed by atoms with van der Waals surface area (Å²) in [5, 5.41) is 0. The van der Waals surface area contributed by atoms with Crippen LogP contribution in [0, 0.1) is 0 Å². The van der Waals surface area contributed by atoms with E-state index in [1.807, 2.05) is 20.8 Å². The molecule has 1 atom stereocenters. The van der Waals surface area contributed by atoms with Gasteiger partial charge in [0.15, 0.2) is 0 Å². The minimum Gasteiger partial charge on any atom is -0.314 e. The van der Waals surface area contributed by atoms with Gasteiger partial charge in [0.1, 0.15) is 0 Å². The van der Waals surface area contributed by atoms with Gasteiger partial charge in [0.05, 0.1) is 0 Å². The van der Waals surface area contributed by atoms with E-state index >= 15 is 0 Å². The van der Waals surface area contributed by atoms with E-state index in [1.165, 1.54) is 0 Å². The van der Waals surface area contributed by atoms with Gasteiger partial charge in [0, 0.05) is 0 Å². The highest BCUT2D eigenvalue weighted by Gasteiger charge is 2.15. The summed E-state index contributed by atoms with van der Waals surface area (Å²) in [6.07, 6.45) is 0.999. The standard InChI is InChI=1S/C6H14FSi/c1-4-6(3)8(7)5-2/h6H,4-5H2,1-3H3. The second kappa shape index (κ2) is 4.07. The summed E-state index contributed by atoms with van der Waals surface area (Å²) in [6.45, 7) is 5.98. The molecule has 0 spiro atoms. The molecular weight excluding hydrogens is 119 g/mol. The summed E-state index contributed by atoms with van der Waals surface area (Å²) >= 11 is 0. The van der Waals surface area contributed by atoms with E-state index in [2.05, 4.69) is 0 Å². The predicted octanol–water partition coefficient (Wildman–Crippen LogP) is 2.77. The van der Waals surface area contributed by atoms with Gasteiger partial charge in [-0.2, -0.15) is 0 Å². The number of rotatable bonds is 3. The number of halogens is 1. The minimum atomic E-state index is -1.46. The fourth-order valence-corrected chi connectivity index (χ4v) is 1.71. The molecule has 1 radical (unpaired) electrons. The van der Waals surface area contributed by atoms with Crippen molar-refractivity contribution in [2.45, 2.75) is 38.8 Å². The maximum absolute atomic E-state index is 12.6. The molecule has 0 aliphatic rings. The summed E-state index contributed by atoms with van der Waals surface area (Å²) in [7, 11) is -1.46. The highest BCUT2D eigenvalue weighted by molar-refractivity contribution is 6.52. The lowest BCUT2D eigenvalue weighted by atomic mass is 10.4. The van der Waals surface area contributed by atoms with Gasteiger partial charge in [0.25, 0.3) is 9.13 Å². The Kier molecular flexibility index (Phi) is 4.14. The Morgan fingerprint density at radius 2 is 2.00 bits per heavy atom. The van der Waals surface area contributed by atoms with Gasteiger partial charge in [-0.25, -0.2) is 0 Å². The highest BCUT2D eigenvalue weighted by Crippen LogP contribution is 2.16. The van der Waals surface area contributed by atoms with Crippen LogP contribution in [0.5, 0.6) is 0 Å². The fourth-order valence-electron chi connectivity index (χ4n) is 0.570. The van der Waals surface area contributed by atoms with Crippen LogP contribution in [0.15, 0.2) is 0 Å². The van der Waals surface area contributed by atoms with Crippen LogP contribution in [0.4, 0.5) is 4.11 Å². The van der Waals surface area contributed by atoms with E-state index in [-0.39, 0.29) is 0 Å². The second-order valence-corrected chi connectivity index (χ2v) is 4.70. The van der Waals surface area contributed by atoms with Crippen LogP contribution >= 0.6 is 0 Å². The molecule has 0 saturated heterocycles. The molecular formula is C6H14FSi. The molecule has 0 aromatic rings. The van der Waals surface area contributed by atoms with Gasteiger partial charge in [-0.3, -0.25) is 0 Å². The predicted molar refractivity (Wildman–Crippen MR) is 37.1 cm³/mol. The van der Waals surface area contributed by atoms with E-state index in [0.717, 1.165) is 12.5 Å². The zero-order valence-corrected chi connectivity index (χ0v) is 6.87. The van der Waals surface area contributed by atoms with Crippen molar-refractivity contribution in [2.24, 2.45) is 0 Å². The molecule has 0 fully saturated rings. The first-order chi connectivity index (χ1) is 3.72. The summed E-state index contributed by atoms with van der Waals surface area (Å²) < 4.78 is 12.6. The minimum absolute atomic E-state index is 0.352. The van der Waals surface area contributed by atoms with E-state index in [4.69, 9.17) is 0 Å². The van der Waals surface area contributed by atoms with E-state index in [9.17, 15) is 4.11 Å². The lowest BCUT2D eigenvalue weighted by Gasteiger charge is -2.07. The monoisotopic (exact) mass is 133 g/mol. The molecule has 0 saturated carbocycles. The van der Waals surface area contributed by atoms with Crippen LogP contribution in [-0.2, 0) is 0 Å². The van der Waals surface area contributed by atoms with E-state index in [1.54, 1.807) is 0 Å². The third-order valence-corrected chi connectivity index (χ3v) is 3.64. The molecule has 0 amide bonds. The Labute approximate surface area is 52.9 Å². The largest absolute Gasteiger partial charge is 0.314 e. The first kappa shape index (κ1) is 8.15. The maximum Gasteiger partial charge on any atom is 0.273 e. The van der Waals surface area contributed by atoms with Gasteiger partial charge >= 0.3 is 0 Å². The van der Waals surface area contributed by atoms with Crippen LogP contribution in [-0.4, -0.2) is 9.13 Å². The summed E-state index contributed by atoms with van der Waals surface area (Å²) in [4.78, 5) is 0. The first-order valence-electron chi connectivity index (χ1n) is 3.23. The molecule has 0 aromatic carbocycles. The van der Waals surface area contributed by atoms with Gasteiger partial charge in [0.2, 0.25) is 0 Å². The van der Waals surface area contributed by atoms with E-state index in [0.29, 0.717) is 5.54 Å². The Balaban J connectivity index is 3.29. The number of hydrogen-bond acceptors (Lipinski definition) is 0. The highest BCUT2D eigenvalue weighted by atomic mass is 28.3. The SMILES string of the molecule is CCC(C)[Si](F)CC. The molecule has 0 nitrogen and oxygen atoms in total. The zero-order chi connectivity index (χ0) is 6.57. The van der Waals surface area contributed by atoms with Crippen molar-refractivity contribution in [1.29, 1.82) is 0 Å².